The maximum Gasteiger partial charge on any atom is 0.335 e. The van der Waals surface area contributed by atoms with Gasteiger partial charge in [0.05, 0.1) is 16.8 Å². The number of benzene rings is 2. The van der Waals surface area contributed by atoms with E-state index in [4.69, 9.17) is 10.2 Å². The Bertz CT molecular complexity index is 862. The number of nitrogens with one attached hydrogen (secondary N) is 1. The number of sulfonamides is 1. The predicted molar refractivity (Wildman–Crippen MR) is 77.6 cm³/mol. The fraction of sp³-hybridized carbons (Fsp3) is 0. The van der Waals surface area contributed by atoms with E-state index in [9.17, 15) is 22.4 Å². The Balaban J connectivity index is 2.49. The van der Waals surface area contributed by atoms with E-state index in [2.05, 4.69) is 0 Å². The van der Waals surface area contributed by atoms with Crippen LogP contribution in [-0.4, -0.2) is 30.6 Å². The zero-order valence-corrected chi connectivity index (χ0v) is 12.2. The second-order valence-corrected chi connectivity index (χ2v) is 6.10. The van der Waals surface area contributed by atoms with Gasteiger partial charge in [0.2, 0.25) is 0 Å². The monoisotopic (exact) mass is 339 g/mol. The van der Waals surface area contributed by atoms with E-state index in [1.807, 2.05) is 4.72 Å². The van der Waals surface area contributed by atoms with Crippen molar-refractivity contribution in [2.45, 2.75) is 4.90 Å². The molecule has 0 fully saturated rings. The van der Waals surface area contributed by atoms with Crippen LogP contribution in [0, 0.1) is 5.82 Å². The van der Waals surface area contributed by atoms with Gasteiger partial charge in [0.15, 0.2) is 0 Å². The van der Waals surface area contributed by atoms with Crippen LogP contribution in [0.25, 0.3) is 0 Å². The normalized spacial score (nSPS) is 11.0. The minimum absolute atomic E-state index is 0.300. The van der Waals surface area contributed by atoms with E-state index >= 15 is 0 Å². The van der Waals surface area contributed by atoms with Gasteiger partial charge in [0.25, 0.3) is 10.0 Å². The summed E-state index contributed by atoms with van der Waals surface area (Å²) < 4.78 is 39.8. The first kappa shape index (κ1) is 16.4. The SMILES string of the molecule is O=C(O)c1cc(NS(=O)(=O)c2ccccc2F)cc(C(=O)O)c1. The molecular weight excluding hydrogens is 329 g/mol. The van der Waals surface area contributed by atoms with Gasteiger partial charge in [-0.05, 0) is 30.3 Å². The molecule has 0 radical (unpaired) electrons. The van der Waals surface area contributed by atoms with Crippen molar-refractivity contribution < 1.29 is 32.6 Å². The number of aromatic carboxylic acids is 2. The van der Waals surface area contributed by atoms with E-state index in [1.54, 1.807) is 0 Å². The van der Waals surface area contributed by atoms with E-state index in [0.717, 1.165) is 30.3 Å². The van der Waals surface area contributed by atoms with Gasteiger partial charge in [0.1, 0.15) is 10.7 Å². The van der Waals surface area contributed by atoms with Crippen molar-refractivity contribution in [1.82, 2.24) is 0 Å². The number of hydrogen-bond donors (Lipinski definition) is 3. The Morgan fingerprint density at radius 1 is 0.957 bits per heavy atom. The van der Waals surface area contributed by atoms with Gasteiger partial charge in [0, 0.05) is 0 Å². The predicted octanol–water partition coefficient (Wildman–Crippen LogP) is 2.02. The van der Waals surface area contributed by atoms with Gasteiger partial charge in [-0.15, -0.1) is 0 Å². The lowest BCUT2D eigenvalue weighted by Gasteiger charge is -2.10. The summed E-state index contributed by atoms with van der Waals surface area (Å²) >= 11 is 0. The Labute approximate surface area is 130 Å². The summed E-state index contributed by atoms with van der Waals surface area (Å²) in [6.45, 7) is 0. The lowest BCUT2D eigenvalue weighted by molar-refractivity contribution is 0.0696. The van der Waals surface area contributed by atoms with Crippen LogP contribution in [0.15, 0.2) is 47.4 Å². The summed E-state index contributed by atoms with van der Waals surface area (Å²) in [6.07, 6.45) is 0. The van der Waals surface area contributed by atoms with Crippen molar-refractivity contribution in [2.75, 3.05) is 4.72 Å². The van der Waals surface area contributed by atoms with E-state index in [1.165, 1.54) is 12.1 Å². The number of carboxylic acids is 2. The van der Waals surface area contributed by atoms with Crippen LogP contribution in [0.3, 0.4) is 0 Å². The molecule has 2 aromatic rings. The van der Waals surface area contributed by atoms with Crippen molar-refractivity contribution >= 4 is 27.6 Å². The van der Waals surface area contributed by atoms with Crippen LogP contribution in [0.2, 0.25) is 0 Å². The number of halogens is 1. The van der Waals surface area contributed by atoms with Crippen LogP contribution in [0.1, 0.15) is 20.7 Å². The van der Waals surface area contributed by atoms with Crippen molar-refractivity contribution in [3.8, 4) is 0 Å². The zero-order valence-electron chi connectivity index (χ0n) is 11.4. The lowest BCUT2D eigenvalue weighted by atomic mass is 10.1. The largest absolute Gasteiger partial charge is 0.478 e. The molecule has 0 aliphatic rings. The molecule has 3 N–H and O–H groups in total. The molecule has 0 unspecified atom stereocenters. The zero-order chi connectivity index (χ0) is 17.2. The van der Waals surface area contributed by atoms with E-state index in [-0.39, 0.29) is 5.69 Å². The molecule has 0 amide bonds. The molecule has 0 atom stereocenters. The first-order chi connectivity index (χ1) is 10.7. The second-order valence-electron chi connectivity index (χ2n) is 4.45. The third-order valence-corrected chi connectivity index (χ3v) is 4.22. The highest BCUT2D eigenvalue weighted by molar-refractivity contribution is 7.92. The molecule has 2 rings (SSSR count). The van der Waals surface area contributed by atoms with Gasteiger partial charge < -0.3 is 10.2 Å². The van der Waals surface area contributed by atoms with Crippen LogP contribution < -0.4 is 4.72 Å². The topological polar surface area (TPSA) is 121 Å². The smallest absolute Gasteiger partial charge is 0.335 e. The van der Waals surface area contributed by atoms with Gasteiger partial charge in [-0.1, -0.05) is 12.1 Å². The minimum atomic E-state index is -4.34. The Morgan fingerprint density at radius 2 is 1.48 bits per heavy atom. The molecule has 0 heterocycles. The molecule has 0 saturated heterocycles. The van der Waals surface area contributed by atoms with Crippen molar-refractivity contribution in [1.29, 1.82) is 0 Å². The van der Waals surface area contributed by atoms with E-state index in [0.29, 0.717) is 0 Å². The molecule has 2 aromatic carbocycles. The van der Waals surface area contributed by atoms with Gasteiger partial charge in [-0.3, -0.25) is 4.72 Å². The number of hydrogen-bond acceptors (Lipinski definition) is 4. The second kappa shape index (κ2) is 6.05. The number of anilines is 1. The third-order valence-electron chi connectivity index (χ3n) is 2.81. The van der Waals surface area contributed by atoms with Crippen molar-refractivity contribution in [3.63, 3.8) is 0 Å². The van der Waals surface area contributed by atoms with Crippen LogP contribution >= 0.6 is 0 Å². The third kappa shape index (κ3) is 3.64. The first-order valence-corrected chi connectivity index (χ1v) is 7.58. The maximum atomic E-state index is 13.6. The molecule has 0 saturated carbocycles. The highest BCUT2D eigenvalue weighted by atomic mass is 32.2. The summed E-state index contributed by atoms with van der Waals surface area (Å²) in [6, 6.07) is 7.35. The average Bonchev–Trinajstić information content (AvgIpc) is 2.46. The first-order valence-electron chi connectivity index (χ1n) is 6.10. The van der Waals surface area contributed by atoms with Gasteiger partial charge >= 0.3 is 11.9 Å². The molecule has 9 heteroatoms. The number of carbonyl (C=O) groups is 2. The summed E-state index contributed by atoms with van der Waals surface area (Å²) in [5, 5.41) is 17.9. The molecule has 0 spiro atoms. The van der Waals surface area contributed by atoms with Crippen LogP contribution in [0.4, 0.5) is 10.1 Å². The summed E-state index contributed by atoms with van der Waals surface area (Å²) in [4.78, 5) is 21.3. The van der Waals surface area contributed by atoms with Crippen molar-refractivity contribution in [2.24, 2.45) is 0 Å². The summed E-state index contributed by atoms with van der Waals surface area (Å²) in [7, 11) is -4.34. The van der Waals surface area contributed by atoms with Crippen LogP contribution in [-0.2, 0) is 10.0 Å². The molecule has 23 heavy (non-hydrogen) atoms. The van der Waals surface area contributed by atoms with Gasteiger partial charge in [-0.25, -0.2) is 22.4 Å². The molecule has 0 aliphatic carbocycles. The van der Waals surface area contributed by atoms with Crippen molar-refractivity contribution in [3.05, 3.63) is 59.4 Å². The lowest BCUT2D eigenvalue weighted by Crippen LogP contribution is -2.15. The van der Waals surface area contributed by atoms with Gasteiger partial charge in [-0.2, -0.15) is 0 Å². The molecular formula is C14H10FNO6S. The Hall–Kier alpha value is -2.94. The summed E-state index contributed by atoms with van der Waals surface area (Å²) in [5.74, 6) is -3.85. The van der Waals surface area contributed by atoms with Crippen LogP contribution in [0.5, 0.6) is 0 Å². The average molecular weight is 339 g/mol. The Kier molecular flexibility index (Phi) is 4.32. The molecule has 0 aromatic heterocycles. The molecule has 0 bridgehead atoms. The highest BCUT2D eigenvalue weighted by Crippen LogP contribution is 2.21. The minimum Gasteiger partial charge on any atom is -0.478 e. The quantitative estimate of drug-likeness (QED) is 0.766. The summed E-state index contributed by atoms with van der Waals surface area (Å²) in [5.41, 5.74) is -1.14. The molecule has 120 valence electrons. The molecule has 0 aliphatic heterocycles. The standard InChI is InChI=1S/C14H10FNO6S/c15-11-3-1-2-4-12(11)23(21,22)16-10-6-8(13(17)18)5-9(7-10)14(19)20/h1-7,16H,(H,17,18)(H,19,20). The number of carboxylic acid groups (broad SMARTS) is 2. The fourth-order valence-electron chi connectivity index (χ4n) is 1.81. The fourth-order valence-corrected chi connectivity index (χ4v) is 2.93. The Morgan fingerprint density at radius 3 is 1.96 bits per heavy atom. The maximum absolute atomic E-state index is 13.6. The molecule has 7 nitrogen and oxygen atoms in total. The highest BCUT2D eigenvalue weighted by Gasteiger charge is 2.20. The number of rotatable bonds is 5. The van der Waals surface area contributed by atoms with E-state index < -0.39 is 43.8 Å².